The molecule has 0 bridgehead atoms. The molecule has 4 nitrogen and oxygen atoms in total. The molecule has 7 aromatic rings. The first-order valence-electron chi connectivity index (χ1n) is 22.8. The van der Waals surface area contributed by atoms with Crippen LogP contribution in [-0.4, -0.2) is 0 Å². The van der Waals surface area contributed by atoms with Crippen molar-refractivity contribution in [2.75, 3.05) is 9.80 Å². The zero-order valence-electron chi connectivity index (χ0n) is 36.5. The Kier molecular flexibility index (Phi) is 9.41. The molecule has 0 saturated heterocycles. The molecule has 0 aromatic heterocycles. The maximum Gasteiger partial charge on any atom is 0.136 e. The van der Waals surface area contributed by atoms with Crippen LogP contribution < -0.4 is 19.3 Å². The Morgan fingerprint density at radius 1 is 0.554 bits per heavy atom. The van der Waals surface area contributed by atoms with Gasteiger partial charge in [-0.05, 0) is 119 Å². The second-order valence-corrected chi connectivity index (χ2v) is 18.0. The van der Waals surface area contributed by atoms with E-state index in [1.165, 1.54) is 33.4 Å². The maximum atomic E-state index is 6.97. The largest absolute Gasteiger partial charge is 0.461 e. The van der Waals surface area contributed by atoms with Gasteiger partial charge in [-0.1, -0.05) is 147 Å². The minimum Gasteiger partial charge on any atom is -0.461 e. The predicted molar refractivity (Wildman–Crippen MR) is 266 cm³/mol. The van der Waals surface area contributed by atoms with Crippen molar-refractivity contribution in [1.82, 2.24) is 0 Å². The molecule has 65 heavy (non-hydrogen) atoms. The number of allylic oxidation sites excluding steroid dienone is 9. The summed E-state index contributed by atoms with van der Waals surface area (Å²) >= 11 is 0. The van der Waals surface area contributed by atoms with E-state index >= 15 is 0 Å². The number of fused-ring (bicyclic) bond motifs is 5. The lowest BCUT2D eigenvalue weighted by molar-refractivity contribution is 0.290. The molecular formula is C61H48N2O2. The van der Waals surface area contributed by atoms with Gasteiger partial charge < -0.3 is 19.3 Å². The summed E-state index contributed by atoms with van der Waals surface area (Å²) in [6.45, 7) is 4.70. The van der Waals surface area contributed by atoms with E-state index in [0.29, 0.717) is 5.92 Å². The van der Waals surface area contributed by atoms with Crippen molar-refractivity contribution in [3.05, 3.63) is 264 Å². The Balaban J connectivity index is 0.894. The third-order valence-electron chi connectivity index (χ3n) is 13.8. The summed E-state index contributed by atoms with van der Waals surface area (Å²) in [6.07, 6.45) is 18.9. The van der Waals surface area contributed by atoms with Crippen LogP contribution in [-0.2, 0) is 5.41 Å². The summed E-state index contributed by atoms with van der Waals surface area (Å²) in [5.41, 5.74) is 15.5. The third kappa shape index (κ3) is 6.76. The average Bonchev–Trinajstić information content (AvgIpc) is 3.58. The Labute approximate surface area is 381 Å². The van der Waals surface area contributed by atoms with Gasteiger partial charge in [0, 0.05) is 69.1 Å². The highest BCUT2D eigenvalue weighted by atomic mass is 16.5. The molecule has 0 amide bonds. The zero-order valence-corrected chi connectivity index (χ0v) is 36.5. The average molecular weight is 841 g/mol. The SMILES string of the molecule is CC1(C)c2ccccc2-c2ccc(N(C3=CCC(c4ccccc4)C=C3)c3ccc4c(c3)OC3=CC=CC5C(Oc6cccc(N(c7ccccc7)c7ccccc7)c6)=CC=C4C35)cc21. The normalized spacial score (nSPS) is 19.2. The maximum absolute atomic E-state index is 6.97. The molecule has 4 aliphatic carbocycles. The lowest BCUT2D eigenvalue weighted by atomic mass is 9.73. The van der Waals surface area contributed by atoms with Gasteiger partial charge in [0.15, 0.2) is 0 Å². The third-order valence-corrected chi connectivity index (χ3v) is 13.8. The monoisotopic (exact) mass is 840 g/mol. The second kappa shape index (κ2) is 15.8. The first-order valence-corrected chi connectivity index (χ1v) is 22.8. The number of nitrogens with zero attached hydrogens (tertiary/aromatic N) is 2. The van der Waals surface area contributed by atoms with Crippen LogP contribution in [0.25, 0.3) is 16.7 Å². The number of anilines is 5. The van der Waals surface area contributed by atoms with Gasteiger partial charge >= 0.3 is 0 Å². The van der Waals surface area contributed by atoms with Crippen molar-refractivity contribution in [1.29, 1.82) is 0 Å². The fourth-order valence-corrected chi connectivity index (χ4v) is 10.6. The quantitative estimate of drug-likeness (QED) is 0.145. The molecule has 314 valence electrons. The van der Waals surface area contributed by atoms with Crippen molar-refractivity contribution >= 4 is 34.0 Å². The molecule has 5 aliphatic rings. The summed E-state index contributed by atoms with van der Waals surface area (Å²) in [4.78, 5) is 4.67. The van der Waals surface area contributed by atoms with Crippen LogP contribution >= 0.6 is 0 Å². The van der Waals surface area contributed by atoms with E-state index in [2.05, 4.69) is 230 Å². The number of rotatable bonds is 9. The molecule has 1 aliphatic heterocycles. The van der Waals surface area contributed by atoms with Crippen molar-refractivity contribution in [3.8, 4) is 22.6 Å². The van der Waals surface area contributed by atoms with Crippen molar-refractivity contribution in [2.24, 2.45) is 11.8 Å². The first kappa shape index (κ1) is 38.8. The molecule has 0 N–H and O–H groups in total. The molecule has 12 rings (SSSR count). The van der Waals surface area contributed by atoms with E-state index in [1.54, 1.807) is 0 Å². The smallest absolute Gasteiger partial charge is 0.136 e. The molecule has 3 unspecified atom stereocenters. The van der Waals surface area contributed by atoms with Gasteiger partial charge in [-0.25, -0.2) is 0 Å². The highest BCUT2D eigenvalue weighted by Gasteiger charge is 2.41. The molecule has 0 spiro atoms. The highest BCUT2D eigenvalue weighted by molar-refractivity contribution is 5.86. The first-order chi connectivity index (χ1) is 32.0. The lowest BCUT2D eigenvalue weighted by Crippen LogP contribution is -2.30. The van der Waals surface area contributed by atoms with Crippen molar-refractivity contribution in [3.63, 3.8) is 0 Å². The summed E-state index contributed by atoms with van der Waals surface area (Å²) in [5.74, 6) is 3.79. The number of benzene rings is 7. The summed E-state index contributed by atoms with van der Waals surface area (Å²) < 4.78 is 13.8. The van der Waals surface area contributed by atoms with E-state index < -0.39 is 0 Å². The lowest BCUT2D eigenvalue weighted by Gasteiger charge is -2.39. The molecule has 0 saturated carbocycles. The zero-order chi connectivity index (χ0) is 43.5. The van der Waals surface area contributed by atoms with Gasteiger partial charge in [-0.15, -0.1) is 0 Å². The number of hydrogen-bond acceptors (Lipinski definition) is 4. The van der Waals surface area contributed by atoms with Gasteiger partial charge in [-0.2, -0.15) is 0 Å². The Morgan fingerprint density at radius 2 is 1.22 bits per heavy atom. The fraction of sp³-hybridized carbons (Fsp3) is 0.115. The van der Waals surface area contributed by atoms with E-state index in [9.17, 15) is 0 Å². The van der Waals surface area contributed by atoms with E-state index in [4.69, 9.17) is 9.47 Å². The minimum atomic E-state index is -0.120. The van der Waals surface area contributed by atoms with Crippen LogP contribution in [0.3, 0.4) is 0 Å². The number of hydrogen-bond donors (Lipinski definition) is 0. The van der Waals surface area contributed by atoms with Crippen molar-refractivity contribution < 1.29 is 9.47 Å². The molecule has 7 aromatic carbocycles. The minimum absolute atomic E-state index is 0.00209. The van der Waals surface area contributed by atoms with Crippen LogP contribution in [0.4, 0.5) is 28.4 Å². The van der Waals surface area contributed by atoms with Gasteiger partial charge in [0.05, 0.1) is 5.92 Å². The van der Waals surface area contributed by atoms with Crippen LogP contribution in [0.15, 0.2) is 242 Å². The van der Waals surface area contributed by atoms with E-state index in [1.807, 2.05) is 18.2 Å². The van der Waals surface area contributed by atoms with Crippen LogP contribution in [0, 0.1) is 11.8 Å². The van der Waals surface area contributed by atoms with Crippen LogP contribution in [0.1, 0.15) is 48.4 Å². The Hall–Kier alpha value is -7.82. The summed E-state index contributed by atoms with van der Waals surface area (Å²) in [7, 11) is 0. The van der Waals surface area contributed by atoms with Gasteiger partial charge in [0.25, 0.3) is 0 Å². The van der Waals surface area contributed by atoms with E-state index in [0.717, 1.165) is 69.1 Å². The summed E-state index contributed by atoms with van der Waals surface area (Å²) in [5, 5.41) is 0. The van der Waals surface area contributed by atoms with Gasteiger partial charge in [0.1, 0.15) is 23.0 Å². The second-order valence-electron chi connectivity index (χ2n) is 18.0. The van der Waals surface area contributed by atoms with E-state index in [-0.39, 0.29) is 17.3 Å². The van der Waals surface area contributed by atoms with Crippen LogP contribution in [0.2, 0.25) is 0 Å². The molecule has 1 heterocycles. The summed E-state index contributed by atoms with van der Waals surface area (Å²) in [6, 6.07) is 62.8. The molecule has 0 radical (unpaired) electrons. The molecule has 3 atom stereocenters. The topological polar surface area (TPSA) is 24.9 Å². The fourth-order valence-electron chi connectivity index (χ4n) is 10.6. The molecule has 4 heteroatoms. The van der Waals surface area contributed by atoms with Crippen LogP contribution in [0.5, 0.6) is 11.5 Å². The standard InChI is InChI=1S/C61H48N2O2/c1-61(2)55-26-13-12-24-50(55)51-34-32-47(39-56(51)61)63(45-30-28-42(29-31-45)41-16-6-3-7-17-41)48-33-35-52-53-36-37-57(54-25-15-27-58(60(53)54)65-59(52)40-48)64-49-23-14-22-46(38-49)62(43-18-8-4-9-19-43)44-20-10-5-11-21-44/h3-28,30-40,42,54,60H,29H2,1-2H3. The number of ether oxygens (including phenoxy) is 2. The van der Waals surface area contributed by atoms with Gasteiger partial charge in [-0.3, -0.25) is 0 Å². The molecular weight excluding hydrogens is 793 g/mol. The van der Waals surface area contributed by atoms with Crippen molar-refractivity contribution in [2.45, 2.75) is 31.6 Å². The Bertz CT molecular complexity index is 3130. The Morgan fingerprint density at radius 3 is 1.97 bits per heavy atom. The highest BCUT2D eigenvalue weighted by Crippen LogP contribution is 2.54. The molecule has 0 fully saturated rings. The predicted octanol–water partition coefficient (Wildman–Crippen LogP) is 15.7. The van der Waals surface area contributed by atoms with Gasteiger partial charge in [0.2, 0.25) is 0 Å². The number of para-hydroxylation sites is 2.